The molecule has 0 amide bonds. The molecular formula is C25H23ClN6O5. The Bertz CT molecular complexity index is 1570. The van der Waals surface area contributed by atoms with Crippen LogP contribution in [0.1, 0.15) is 25.6 Å². The van der Waals surface area contributed by atoms with Gasteiger partial charge in [0.25, 0.3) is 0 Å². The lowest BCUT2D eigenvalue weighted by Gasteiger charge is -2.25. The van der Waals surface area contributed by atoms with E-state index in [1.807, 2.05) is 36.7 Å². The molecule has 11 nitrogen and oxygen atoms in total. The predicted molar refractivity (Wildman–Crippen MR) is 133 cm³/mol. The van der Waals surface area contributed by atoms with E-state index in [0.29, 0.717) is 38.9 Å². The Morgan fingerprint density at radius 2 is 1.97 bits per heavy atom. The number of anilines is 1. The number of nitrogens with two attached hydrogens (primary N) is 1. The van der Waals surface area contributed by atoms with E-state index in [1.54, 1.807) is 12.1 Å². The number of aromatic nitrogens is 4. The number of hydrogen-bond acceptors (Lipinski definition) is 10. The van der Waals surface area contributed by atoms with Crippen molar-refractivity contribution < 1.29 is 23.7 Å². The predicted octanol–water partition coefficient (Wildman–Crippen LogP) is 3.59. The molecule has 2 aliphatic rings. The van der Waals surface area contributed by atoms with Crippen molar-refractivity contribution >= 4 is 39.4 Å². The molecule has 0 saturated carbocycles. The second-order valence-corrected chi connectivity index (χ2v) is 9.66. The van der Waals surface area contributed by atoms with Gasteiger partial charge in [-0.3, -0.25) is 4.98 Å². The SMILES string of the molecule is COc1cc2c(Cl)c(C#N)cnc2cc1OC[C@H]1O[C@@H](n2ccc3c(N)ncnc32)[C@@H]2OC(C)(C)O[C@@H]21. The minimum atomic E-state index is -0.799. The van der Waals surface area contributed by atoms with Crippen LogP contribution in [0.2, 0.25) is 5.02 Å². The fourth-order valence-electron chi connectivity index (χ4n) is 4.90. The zero-order valence-corrected chi connectivity index (χ0v) is 21.0. The van der Waals surface area contributed by atoms with E-state index in [1.165, 1.54) is 19.6 Å². The lowest BCUT2D eigenvalue weighted by Crippen LogP contribution is -2.34. The van der Waals surface area contributed by atoms with Crippen LogP contribution in [-0.2, 0) is 14.2 Å². The lowest BCUT2D eigenvalue weighted by atomic mass is 10.1. The number of rotatable bonds is 5. The molecule has 190 valence electrons. The second-order valence-electron chi connectivity index (χ2n) is 9.28. The first-order valence-electron chi connectivity index (χ1n) is 11.6. The minimum absolute atomic E-state index is 0.152. The van der Waals surface area contributed by atoms with Crippen molar-refractivity contribution in [3.63, 3.8) is 0 Å². The normalized spacial score (nSPS) is 24.3. The van der Waals surface area contributed by atoms with Gasteiger partial charge in [0.1, 0.15) is 48.8 Å². The Hall–Kier alpha value is -3.69. The number of benzene rings is 1. The van der Waals surface area contributed by atoms with Crippen LogP contribution in [0.4, 0.5) is 5.82 Å². The van der Waals surface area contributed by atoms with E-state index in [0.717, 1.165) is 5.39 Å². The van der Waals surface area contributed by atoms with Crippen LogP contribution in [-0.4, -0.2) is 57.3 Å². The highest BCUT2D eigenvalue weighted by atomic mass is 35.5. The number of hydrogen-bond donors (Lipinski definition) is 1. The van der Waals surface area contributed by atoms with E-state index < -0.39 is 30.3 Å². The van der Waals surface area contributed by atoms with Crippen molar-refractivity contribution in [2.75, 3.05) is 19.5 Å². The van der Waals surface area contributed by atoms with Gasteiger partial charge in [-0.25, -0.2) is 9.97 Å². The summed E-state index contributed by atoms with van der Waals surface area (Å²) >= 11 is 6.38. The van der Waals surface area contributed by atoms with E-state index in [9.17, 15) is 5.26 Å². The van der Waals surface area contributed by atoms with Crippen LogP contribution in [0.5, 0.6) is 11.5 Å². The van der Waals surface area contributed by atoms with Crippen LogP contribution < -0.4 is 15.2 Å². The van der Waals surface area contributed by atoms with Gasteiger partial charge in [0, 0.05) is 23.8 Å². The standard InChI is InChI=1S/C25H23ClN6O5/c1-25(2)36-20-18(35-24(21(20)37-25)32-5-4-13-22(28)30-11-31-23(13)32)10-34-17-7-15-14(6-16(17)33-3)19(26)12(8-27)9-29-15/h4-7,9,11,18,20-21,24H,10H2,1-3H3,(H2,28,30,31)/t18-,20-,21-,24-/m1/s1. The van der Waals surface area contributed by atoms with Crippen molar-refractivity contribution in [2.45, 2.75) is 44.2 Å². The molecule has 12 heteroatoms. The second kappa shape index (κ2) is 8.71. The summed E-state index contributed by atoms with van der Waals surface area (Å²) in [5.74, 6) is 0.495. The fraction of sp³-hybridized carbons (Fsp3) is 0.360. The molecular weight excluding hydrogens is 500 g/mol. The number of nitrogens with zero attached hydrogens (tertiary/aromatic N) is 5. The first kappa shape index (κ1) is 23.7. The summed E-state index contributed by atoms with van der Waals surface area (Å²) in [7, 11) is 1.53. The van der Waals surface area contributed by atoms with E-state index >= 15 is 0 Å². The van der Waals surface area contributed by atoms with Crippen molar-refractivity contribution in [2.24, 2.45) is 0 Å². The van der Waals surface area contributed by atoms with Crippen molar-refractivity contribution in [3.8, 4) is 17.6 Å². The van der Waals surface area contributed by atoms with Gasteiger partial charge in [0.2, 0.25) is 0 Å². The summed E-state index contributed by atoms with van der Waals surface area (Å²) in [4.78, 5) is 12.8. The molecule has 4 aromatic rings. The topological polar surface area (TPSA) is 140 Å². The highest BCUT2D eigenvalue weighted by molar-refractivity contribution is 6.36. The number of nitrogen functional groups attached to an aromatic ring is 1. The number of nitriles is 1. The molecule has 37 heavy (non-hydrogen) atoms. The van der Waals surface area contributed by atoms with Crippen LogP contribution in [0.15, 0.2) is 36.9 Å². The van der Waals surface area contributed by atoms with Gasteiger partial charge in [-0.05, 0) is 26.0 Å². The lowest BCUT2D eigenvalue weighted by molar-refractivity contribution is -0.198. The molecule has 0 aliphatic carbocycles. The van der Waals surface area contributed by atoms with Crippen LogP contribution in [0.3, 0.4) is 0 Å². The number of ether oxygens (including phenoxy) is 5. The molecule has 0 unspecified atom stereocenters. The van der Waals surface area contributed by atoms with E-state index in [2.05, 4.69) is 15.0 Å². The quantitative estimate of drug-likeness (QED) is 0.413. The van der Waals surface area contributed by atoms with Gasteiger partial charge in [-0.2, -0.15) is 5.26 Å². The Balaban J connectivity index is 1.30. The zero-order chi connectivity index (χ0) is 25.9. The van der Waals surface area contributed by atoms with Gasteiger partial charge in [0.15, 0.2) is 23.5 Å². The van der Waals surface area contributed by atoms with Crippen molar-refractivity contribution in [1.82, 2.24) is 19.5 Å². The molecule has 4 atom stereocenters. The maximum Gasteiger partial charge on any atom is 0.164 e. The number of methoxy groups -OCH3 is 1. The Kier molecular flexibility index (Phi) is 5.58. The highest BCUT2D eigenvalue weighted by Gasteiger charge is 2.56. The summed E-state index contributed by atoms with van der Waals surface area (Å²) in [5.41, 5.74) is 7.52. The van der Waals surface area contributed by atoms with Crippen LogP contribution >= 0.6 is 11.6 Å². The molecule has 0 radical (unpaired) electrons. The third-order valence-corrected chi connectivity index (χ3v) is 6.96. The van der Waals surface area contributed by atoms with Crippen molar-refractivity contribution in [3.05, 3.63) is 47.5 Å². The fourth-order valence-corrected chi connectivity index (χ4v) is 5.15. The van der Waals surface area contributed by atoms with Crippen LogP contribution in [0, 0.1) is 11.3 Å². The monoisotopic (exact) mass is 522 g/mol. The average Bonchev–Trinajstić information content (AvgIpc) is 3.54. The maximum atomic E-state index is 9.26. The average molecular weight is 523 g/mol. The minimum Gasteiger partial charge on any atom is -0.493 e. The first-order valence-corrected chi connectivity index (χ1v) is 11.9. The van der Waals surface area contributed by atoms with Gasteiger partial charge in [-0.15, -0.1) is 0 Å². The third-order valence-electron chi connectivity index (χ3n) is 6.55. The summed E-state index contributed by atoms with van der Waals surface area (Å²) in [6.07, 6.45) is 2.92. The number of halogens is 1. The van der Waals surface area contributed by atoms with Gasteiger partial charge < -0.3 is 34.0 Å². The van der Waals surface area contributed by atoms with Gasteiger partial charge >= 0.3 is 0 Å². The van der Waals surface area contributed by atoms with Crippen LogP contribution in [0.25, 0.3) is 21.9 Å². The molecule has 3 aromatic heterocycles. The summed E-state index contributed by atoms with van der Waals surface area (Å²) < 4.78 is 32.5. The maximum absolute atomic E-state index is 9.26. The number of fused-ring (bicyclic) bond motifs is 3. The van der Waals surface area contributed by atoms with Crippen molar-refractivity contribution in [1.29, 1.82) is 5.26 Å². The molecule has 2 saturated heterocycles. The first-order chi connectivity index (χ1) is 17.8. The Morgan fingerprint density at radius 3 is 2.76 bits per heavy atom. The van der Waals surface area contributed by atoms with Gasteiger partial charge in [-0.1, -0.05) is 11.6 Å². The highest BCUT2D eigenvalue weighted by Crippen LogP contribution is 2.44. The molecule has 1 aromatic carbocycles. The summed E-state index contributed by atoms with van der Waals surface area (Å²) in [6.45, 7) is 3.89. The van der Waals surface area contributed by atoms with Gasteiger partial charge in [0.05, 0.1) is 28.6 Å². The number of pyridine rings is 1. The molecule has 2 aliphatic heterocycles. The Morgan fingerprint density at radius 1 is 1.16 bits per heavy atom. The summed E-state index contributed by atoms with van der Waals surface area (Å²) in [6, 6.07) is 7.31. The Labute approximate surface area is 216 Å². The van der Waals surface area contributed by atoms with E-state index in [-0.39, 0.29) is 12.2 Å². The molecule has 5 heterocycles. The zero-order valence-electron chi connectivity index (χ0n) is 20.2. The smallest absolute Gasteiger partial charge is 0.164 e. The molecule has 6 rings (SSSR count). The largest absolute Gasteiger partial charge is 0.493 e. The summed E-state index contributed by atoms with van der Waals surface area (Å²) in [5, 5.41) is 10.9. The van der Waals surface area contributed by atoms with E-state index in [4.69, 9.17) is 41.0 Å². The molecule has 2 N–H and O–H groups in total. The molecule has 0 spiro atoms. The third kappa shape index (κ3) is 3.89. The molecule has 2 fully saturated rings. The molecule has 0 bridgehead atoms.